The summed E-state index contributed by atoms with van der Waals surface area (Å²) >= 11 is 0. The van der Waals surface area contributed by atoms with Gasteiger partial charge in [0.15, 0.2) is 11.5 Å². The molecule has 2 aromatic carbocycles. The van der Waals surface area contributed by atoms with Crippen LogP contribution in [0.5, 0.6) is 5.75 Å². The highest BCUT2D eigenvalue weighted by atomic mass is 16.5. The lowest BCUT2D eigenvalue weighted by Crippen LogP contribution is -2.60. The van der Waals surface area contributed by atoms with E-state index < -0.39 is 0 Å². The lowest BCUT2D eigenvalue weighted by atomic mass is 10.00. The highest BCUT2D eigenvalue weighted by Crippen LogP contribution is 2.39. The van der Waals surface area contributed by atoms with Crippen molar-refractivity contribution in [2.45, 2.75) is 66.5 Å². The van der Waals surface area contributed by atoms with E-state index in [1.807, 2.05) is 76.5 Å². The third kappa shape index (κ3) is 8.63. The molecular formula is C37H58N10O. The normalized spacial score (nSPS) is 17.3. The minimum absolute atomic E-state index is 0.383. The van der Waals surface area contributed by atoms with Crippen molar-refractivity contribution >= 4 is 34.7 Å². The van der Waals surface area contributed by atoms with Crippen LogP contribution in [-0.4, -0.2) is 95.9 Å². The first-order valence-electron chi connectivity index (χ1n) is 17.6. The Morgan fingerprint density at radius 1 is 0.938 bits per heavy atom. The van der Waals surface area contributed by atoms with Gasteiger partial charge < -0.3 is 41.1 Å². The van der Waals surface area contributed by atoms with Crippen LogP contribution in [0.4, 0.5) is 22.9 Å². The Morgan fingerprint density at radius 3 is 2.35 bits per heavy atom. The summed E-state index contributed by atoms with van der Waals surface area (Å²) in [7, 11) is 3.72. The topological polar surface area (TPSA) is 137 Å². The molecule has 3 aliphatic rings. The highest BCUT2D eigenvalue weighted by molar-refractivity contribution is 5.87. The number of imidazole rings is 1. The number of hydrogen-bond donors (Lipinski definition) is 4. The van der Waals surface area contributed by atoms with Gasteiger partial charge in [-0.25, -0.2) is 9.97 Å². The molecule has 7 rings (SSSR count). The van der Waals surface area contributed by atoms with Gasteiger partial charge in [0.05, 0.1) is 17.4 Å². The second kappa shape index (κ2) is 19.0. The molecule has 0 saturated carbocycles. The summed E-state index contributed by atoms with van der Waals surface area (Å²) in [4.78, 5) is 17.1. The fourth-order valence-corrected chi connectivity index (χ4v) is 6.32. The number of nitrogen functional groups attached to an aromatic ring is 1. The van der Waals surface area contributed by atoms with E-state index >= 15 is 0 Å². The van der Waals surface area contributed by atoms with E-state index in [9.17, 15) is 0 Å². The van der Waals surface area contributed by atoms with Crippen LogP contribution < -0.4 is 26.4 Å². The molecule has 2 fully saturated rings. The van der Waals surface area contributed by atoms with Crippen LogP contribution >= 0.6 is 0 Å². The number of anilines is 4. The van der Waals surface area contributed by atoms with E-state index in [4.69, 9.17) is 20.9 Å². The van der Waals surface area contributed by atoms with Gasteiger partial charge in [0.25, 0.3) is 0 Å². The number of ether oxygens (including phenoxy) is 1. The molecule has 6 N–H and O–H groups in total. The fraction of sp³-hybridized carbons (Fsp3) is 0.486. The number of fused-ring (bicyclic) bond motifs is 4. The summed E-state index contributed by atoms with van der Waals surface area (Å²) in [5.41, 5.74) is 16.3. The average Bonchev–Trinajstić information content (AvgIpc) is 3.64. The van der Waals surface area contributed by atoms with Gasteiger partial charge in [-0.15, -0.1) is 0 Å². The summed E-state index contributed by atoms with van der Waals surface area (Å²) in [6, 6.07) is 13.0. The van der Waals surface area contributed by atoms with E-state index in [1.54, 1.807) is 6.20 Å². The number of benzene rings is 2. The molecule has 11 heteroatoms. The maximum atomic E-state index is 7.52. The highest BCUT2D eigenvalue weighted by Gasteiger charge is 2.36. The summed E-state index contributed by atoms with van der Waals surface area (Å²) in [5, 5.41) is 11.0. The van der Waals surface area contributed by atoms with Crippen LogP contribution in [0.25, 0.3) is 16.9 Å². The minimum atomic E-state index is 0.383. The number of nitrogens with two attached hydrogens (primary N) is 2. The van der Waals surface area contributed by atoms with Crippen LogP contribution in [0.2, 0.25) is 0 Å². The van der Waals surface area contributed by atoms with Crippen molar-refractivity contribution in [1.29, 1.82) is 5.41 Å². The maximum Gasteiger partial charge on any atom is 0.180 e. The van der Waals surface area contributed by atoms with Crippen molar-refractivity contribution in [2.24, 2.45) is 5.73 Å². The SMILES string of the molecule is CC.CC.CC.CN.CN1CCC(N2CCN3c4ccc(Nc5nc(-c6ccc(C=N)c(N)c6)cn6ccnc56)cc4OC[C@H]3C2)CC1. The molecule has 262 valence electrons. The minimum Gasteiger partial charge on any atom is -0.489 e. The number of nitrogens with zero attached hydrogens (tertiary/aromatic N) is 6. The smallest absolute Gasteiger partial charge is 0.180 e. The molecule has 0 amide bonds. The van der Waals surface area contributed by atoms with E-state index in [1.165, 1.54) is 44.9 Å². The number of rotatable bonds is 5. The Hall–Kier alpha value is -4.19. The maximum absolute atomic E-state index is 7.52. The van der Waals surface area contributed by atoms with Gasteiger partial charge in [-0.3, -0.25) is 4.90 Å². The molecule has 0 aliphatic carbocycles. The second-order valence-corrected chi connectivity index (χ2v) is 11.1. The zero-order valence-electron chi connectivity index (χ0n) is 30.3. The molecule has 1 atom stereocenters. The molecule has 5 heterocycles. The largest absolute Gasteiger partial charge is 0.489 e. The van der Waals surface area contributed by atoms with Gasteiger partial charge in [0.2, 0.25) is 0 Å². The summed E-state index contributed by atoms with van der Waals surface area (Å²) in [6.07, 6.45) is 9.39. The van der Waals surface area contributed by atoms with Crippen molar-refractivity contribution < 1.29 is 4.74 Å². The number of piperazine rings is 1. The lowest BCUT2D eigenvalue weighted by molar-refractivity contribution is 0.0868. The standard InChI is InChI=1S/C30H35N9O.3C2H6.CH5N/c1-36-9-6-23(7-10-36)37-12-13-39-24(17-37)19-40-28-15-22(4-5-27(28)39)34-29-30-33-8-11-38(30)18-26(35-29)20-2-3-21(16-31)25(32)14-20;4*1-2/h2-5,8,11,14-16,18,23-24,31H,6-7,9-10,12-13,17,19,32H2,1H3,(H,34,35);3*1-2H3;2H2,1H3/t24-;;;;/m1..../s1. The fourth-order valence-electron chi connectivity index (χ4n) is 6.32. The first kappa shape index (κ1) is 38.3. The van der Waals surface area contributed by atoms with Crippen molar-refractivity contribution in [1.82, 2.24) is 24.2 Å². The molecule has 0 bridgehead atoms. The van der Waals surface area contributed by atoms with Crippen LogP contribution in [0.3, 0.4) is 0 Å². The Morgan fingerprint density at radius 2 is 1.67 bits per heavy atom. The van der Waals surface area contributed by atoms with E-state index in [0.29, 0.717) is 35.8 Å². The number of likely N-dealkylation sites (tertiary alicyclic amines) is 1. The van der Waals surface area contributed by atoms with Gasteiger partial charge in [0, 0.05) is 79.0 Å². The summed E-state index contributed by atoms with van der Waals surface area (Å²) in [5.74, 6) is 1.55. The third-order valence-electron chi connectivity index (χ3n) is 8.59. The second-order valence-electron chi connectivity index (χ2n) is 11.1. The molecule has 0 unspecified atom stereocenters. The molecular weight excluding hydrogens is 600 g/mol. The quantitative estimate of drug-likeness (QED) is 0.143. The van der Waals surface area contributed by atoms with Crippen LogP contribution in [-0.2, 0) is 0 Å². The van der Waals surface area contributed by atoms with E-state index in [2.05, 4.69) is 56.0 Å². The van der Waals surface area contributed by atoms with E-state index in [-0.39, 0.29) is 0 Å². The van der Waals surface area contributed by atoms with Crippen LogP contribution in [0.15, 0.2) is 55.0 Å². The molecule has 2 aromatic heterocycles. The summed E-state index contributed by atoms with van der Waals surface area (Å²) in [6.45, 7) is 18.3. The number of aromatic nitrogens is 3. The Bertz CT molecular complexity index is 1560. The molecule has 11 nitrogen and oxygen atoms in total. The predicted molar refractivity (Wildman–Crippen MR) is 203 cm³/mol. The van der Waals surface area contributed by atoms with Gasteiger partial charge in [-0.05, 0) is 58.2 Å². The Balaban J connectivity index is 0.000000730. The van der Waals surface area contributed by atoms with Gasteiger partial charge in [-0.1, -0.05) is 53.7 Å². The van der Waals surface area contributed by atoms with Gasteiger partial charge in [0.1, 0.15) is 12.4 Å². The van der Waals surface area contributed by atoms with Crippen molar-refractivity contribution in [3.63, 3.8) is 0 Å². The molecule has 0 radical (unpaired) electrons. The molecule has 2 saturated heterocycles. The van der Waals surface area contributed by atoms with Crippen molar-refractivity contribution in [3.8, 4) is 17.0 Å². The summed E-state index contributed by atoms with van der Waals surface area (Å²) < 4.78 is 8.29. The van der Waals surface area contributed by atoms with Crippen molar-refractivity contribution in [2.75, 3.05) is 69.4 Å². The average molecular weight is 659 g/mol. The number of piperidine rings is 1. The lowest BCUT2D eigenvalue weighted by Gasteiger charge is -2.48. The molecule has 3 aliphatic heterocycles. The first-order valence-corrected chi connectivity index (χ1v) is 17.6. The predicted octanol–water partition coefficient (Wildman–Crippen LogP) is 6.35. The van der Waals surface area contributed by atoms with Crippen LogP contribution in [0, 0.1) is 5.41 Å². The Kier molecular flexibility index (Phi) is 15.1. The molecule has 0 spiro atoms. The van der Waals surface area contributed by atoms with Crippen molar-refractivity contribution in [3.05, 3.63) is 60.6 Å². The van der Waals surface area contributed by atoms with Gasteiger partial charge in [-0.2, -0.15) is 0 Å². The van der Waals surface area contributed by atoms with Gasteiger partial charge >= 0.3 is 0 Å². The zero-order chi connectivity index (χ0) is 35.2. The third-order valence-corrected chi connectivity index (χ3v) is 8.59. The van der Waals surface area contributed by atoms with E-state index in [0.717, 1.165) is 48.0 Å². The molecule has 48 heavy (non-hydrogen) atoms. The zero-order valence-corrected chi connectivity index (χ0v) is 30.3. The molecule has 4 aromatic rings. The number of hydrogen-bond acceptors (Lipinski definition) is 10. The van der Waals surface area contributed by atoms with Crippen LogP contribution in [0.1, 0.15) is 59.9 Å². The monoisotopic (exact) mass is 658 g/mol. The first-order chi connectivity index (χ1) is 23.6. The Labute approximate surface area is 287 Å². The number of nitrogens with one attached hydrogen (secondary N) is 2.